The lowest BCUT2D eigenvalue weighted by Gasteiger charge is -2.29. The minimum absolute atomic E-state index is 0.204. The Morgan fingerprint density at radius 3 is 3.06 bits per heavy atom. The van der Waals surface area contributed by atoms with Gasteiger partial charge in [0, 0.05) is 13.1 Å². The first-order chi connectivity index (χ1) is 8.79. The van der Waals surface area contributed by atoms with Crippen molar-refractivity contribution in [3.05, 3.63) is 29.8 Å². The third-order valence-corrected chi connectivity index (χ3v) is 3.15. The molecule has 0 bridgehead atoms. The number of benzene rings is 1. The molecule has 4 heteroatoms. The molecular weight excluding hydrogens is 228 g/mol. The van der Waals surface area contributed by atoms with Gasteiger partial charge in [-0.25, -0.2) is 0 Å². The number of β-amino-alcohol motifs (C(OH)–C–C–N with tert-alkyl or cyclic N) is 1. The van der Waals surface area contributed by atoms with Crippen molar-refractivity contribution in [1.82, 2.24) is 4.90 Å². The molecule has 1 fully saturated rings. The lowest BCUT2D eigenvalue weighted by atomic mass is 10.1. The molecule has 1 atom stereocenters. The second-order valence-electron chi connectivity index (χ2n) is 4.55. The molecule has 0 aliphatic carbocycles. The molecule has 1 aromatic rings. The quantitative estimate of drug-likeness (QED) is 0.872. The summed E-state index contributed by atoms with van der Waals surface area (Å²) in [7, 11) is 0. The zero-order valence-electron chi connectivity index (χ0n) is 10.4. The molecule has 0 saturated carbocycles. The number of aliphatic hydroxyl groups excluding tert-OH is 1. The average molecular weight is 246 g/mol. The molecule has 1 aromatic carbocycles. The third kappa shape index (κ3) is 3.46. The SMILES string of the molecule is N#Cc1ccccc1OCCN1CCCC(O)C1. The van der Waals surface area contributed by atoms with E-state index >= 15 is 0 Å². The van der Waals surface area contributed by atoms with E-state index in [1.54, 1.807) is 6.07 Å². The molecule has 1 heterocycles. The van der Waals surface area contributed by atoms with Gasteiger partial charge in [-0.15, -0.1) is 0 Å². The van der Waals surface area contributed by atoms with E-state index in [0.29, 0.717) is 17.9 Å². The number of rotatable bonds is 4. The number of hydrogen-bond acceptors (Lipinski definition) is 4. The van der Waals surface area contributed by atoms with Crippen LogP contribution in [0.2, 0.25) is 0 Å². The van der Waals surface area contributed by atoms with Crippen LogP contribution in [0.25, 0.3) is 0 Å². The van der Waals surface area contributed by atoms with E-state index in [4.69, 9.17) is 10.00 Å². The van der Waals surface area contributed by atoms with E-state index < -0.39 is 0 Å². The highest BCUT2D eigenvalue weighted by atomic mass is 16.5. The van der Waals surface area contributed by atoms with Crippen molar-refractivity contribution >= 4 is 0 Å². The average Bonchev–Trinajstić information content (AvgIpc) is 2.39. The predicted octanol–water partition coefficient (Wildman–Crippen LogP) is 1.39. The number of nitrogens with zero attached hydrogens (tertiary/aromatic N) is 2. The van der Waals surface area contributed by atoms with E-state index in [1.165, 1.54) is 0 Å². The Labute approximate surface area is 107 Å². The highest BCUT2D eigenvalue weighted by molar-refractivity contribution is 5.42. The van der Waals surface area contributed by atoms with Gasteiger partial charge in [0.2, 0.25) is 0 Å². The summed E-state index contributed by atoms with van der Waals surface area (Å²) in [6.45, 7) is 3.08. The minimum Gasteiger partial charge on any atom is -0.491 e. The monoisotopic (exact) mass is 246 g/mol. The number of likely N-dealkylation sites (tertiary alicyclic amines) is 1. The van der Waals surface area contributed by atoms with Crippen molar-refractivity contribution < 1.29 is 9.84 Å². The Morgan fingerprint density at radius 2 is 2.28 bits per heavy atom. The van der Waals surface area contributed by atoms with Gasteiger partial charge in [-0.1, -0.05) is 12.1 Å². The summed E-state index contributed by atoms with van der Waals surface area (Å²) in [6.07, 6.45) is 1.73. The third-order valence-electron chi connectivity index (χ3n) is 3.15. The lowest BCUT2D eigenvalue weighted by Crippen LogP contribution is -2.40. The Bertz CT molecular complexity index is 428. The van der Waals surface area contributed by atoms with Gasteiger partial charge >= 0.3 is 0 Å². The van der Waals surface area contributed by atoms with Crippen LogP contribution in [0, 0.1) is 11.3 Å². The fraction of sp³-hybridized carbons (Fsp3) is 0.500. The van der Waals surface area contributed by atoms with E-state index in [2.05, 4.69) is 11.0 Å². The van der Waals surface area contributed by atoms with Crippen LogP contribution < -0.4 is 4.74 Å². The summed E-state index contributed by atoms with van der Waals surface area (Å²) in [4.78, 5) is 2.20. The maximum absolute atomic E-state index is 9.55. The minimum atomic E-state index is -0.204. The van der Waals surface area contributed by atoms with Crippen LogP contribution in [0.1, 0.15) is 18.4 Å². The first kappa shape index (κ1) is 12.9. The van der Waals surface area contributed by atoms with E-state index in [0.717, 1.165) is 32.5 Å². The summed E-state index contributed by atoms with van der Waals surface area (Å²) < 4.78 is 5.62. The van der Waals surface area contributed by atoms with Crippen LogP contribution in [0.3, 0.4) is 0 Å². The molecule has 96 valence electrons. The largest absolute Gasteiger partial charge is 0.491 e. The molecular formula is C14H18N2O2. The van der Waals surface area contributed by atoms with Gasteiger partial charge < -0.3 is 9.84 Å². The smallest absolute Gasteiger partial charge is 0.137 e. The summed E-state index contributed by atoms with van der Waals surface area (Å²) in [5, 5.41) is 18.5. The Morgan fingerprint density at radius 1 is 1.44 bits per heavy atom. The Kier molecular flexibility index (Phi) is 4.57. The van der Waals surface area contributed by atoms with E-state index in [1.807, 2.05) is 18.2 Å². The molecule has 1 saturated heterocycles. The normalized spacial score (nSPS) is 20.3. The van der Waals surface area contributed by atoms with Crippen LogP contribution in [0.4, 0.5) is 0 Å². The second-order valence-corrected chi connectivity index (χ2v) is 4.55. The molecule has 1 aliphatic rings. The van der Waals surface area contributed by atoms with Crippen molar-refractivity contribution in [3.8, 4) is 11.8 Å². The van der Waals surface area contributed by atoms with Gasteiger partial charge in [-0.05, 0) is 31.5 Å². The summed E-state index contributed by atoms with van der Waals surface area (Å²) >= 11 is 0. The summed E-state index contributed by atoms with van der Waals surface area (Å²) in [5.41, 5.74) is 0.566. The number of ether oxygens (including phenoxy) is 1. The molecule has 0 amide bonds. The molecule has 0 radical (unpaired) electrons. The summed E-state index contributed by atoms with van der Waals surface area (Å²) in [6, 6.07) is 9.36. The molecule has 0 spiro atoms. The van der Waals surface area contributed by atoms with E-state index in [-0.39, 0.29) is 6.10 Å². The van der Waals surface area contributed by atoms with Crippen molar-refractivity contribution in [2.75, 3.05) is 26.2 Å². The second kappa shape index (κ2) is 6.39. The van der Waals surface area contributed by atoms with Crippen molar-refractivity contribution in [2.45, 2.75) is 18.9 Å². The fourth-order valence-electron chi connectivity index (χ4n) is 2.20. The number of hydrogen-bond donors (Lipinski definition) is 1. The van der Waals surface area contributed by atoms with Crippen LogP contribution in [0.15, 0.2) is 24.3 Å². The maximum Gasteiger partial charge on any atom is 0.137 e. The lowest BCUT2D eigenvalue weighted by molar-refractivity contribution is 0.0633. The standard InChI is InChI=1S/C14H18N2O2/c15-10-12-4-1-2-6-14(12)18-9-8-16-7-3-5-13(17)11-16/h1-2,4,6,13,17H,3,5,7-9,11H2. The molecule has 0 aromatic heterocycles. The Hall–Kier alpha value is -1.57. The number of piperidine rings is 1. The number of nitriles is 1. The zero-order valence-corrected chi connectivity index (χ0v) is 10.4. The van der Waals surface area contributed by atoms with Gasteiger partial charge in [0.05, 0.1) is 11.7 Å². The van der Waals surface area contributed by atoms with Crippen LogP contribution >= 0.6 is 0 Å². The number of aliphatic hydroxyl groups is 1. The molecule has 1 unspecified atom stereocenters. The van der Waals surface area contributed by atoms with Crippen LogP contribution in [-0.4, -0.2) is 42.4 Å². The predicted molar refractivity (Wildman–Crippen MR) is 68.3 cm³/mol. The van der Waals surface area contributed by atoms with Gasteiger partial charge in [0.15, 0.2) is 0 Å². The van der Waals surface area contributed by atoms with Gasteiger partial charge in [0.25, 0.3) is 0 Å². The van der Waals surface area contributed by atoms with Crippen molar-refractivity contribution in [3.63, 3.8) is 0 Å². The van der Waals surface area contributed by atoms with Crippen molar-refractivity contribution in [2.24, 2.45) is 0 Å². The van der Waals surface area contributed by atoms with Gasteiger partial charge in [0.1, 0.15) is 18.4 Å². The number of para-hydroxylation sites is 1. The molecule has 2 rings (SSSR count). The highest BCUT2D eigenvalue weighted by Crippen LogP contribution is 2.16. The molecule has 1 N–H and O–H groups in total. The van der Waals surface area contributed by atoms with E-state index in [9.17, 15) is 5.11 Å². The molecule has 1 aliphatic heterocycles. The van der Waals surface area contributed by atoms with Crippen molar-refractivity contribution in [1.29, 1.82) is 5.26 Å². The topological polar surface area (TPSA) is 56.5 Å². The highest BCUT2D eigenvalue weighted by Gasteiger charge is 2.17. The Balaban J connectivity index is 1.80. The summed E-state index contributed by atoms with van der Waals surface area (Å²) in [5.74, 6) is 0.637. The maximum atomic E-state index is 9.55. The molecule has 4 nitrogen and oxygen atoms in total. The van der Waals surface area contributed by atoms with Crippen LogP contribution in [0.5, 0.6) is 5.75 Å². The molecule has 18 heavy (non-hydrogen) atoms. The van der Waals surface area contributed by atoms with Crippen LogP contribution in [-0.2, 0) is 0 Å². The zero-order chi connectivity index (χ0) is 12.8. The first-order valence-corrected chi connectivity index (χ1v) is 6.32. The van der Waals surface area contributed by atoms with Gasteiger partial charge in [-0.2, -0.15) is 5.26 Å². The van der Waals surface area contributed by atoms with Gasteiger partial charge in [-0.3, -0.25) is 4.90 Å². The first-order valence-electron chi connectivity index (χ1n) is 6.32. The fourth-order valence-corrected chi connectivity index (χ4v) is 2.20.